The fraction of sp³-hybridized carbons (Fsp3) is 0.588. The van der Waals surface area contributed by atoms with Gasteiger partial charge in [-0.3, -0.25) is 4.79 Å². The van der Waals surface area contributed by atoms with E-state index in [0.29, 0.717) is 19.1 Å². The van der Waals surface area contributed by atoms with Crippen LogP contribution in [0.4, 0.5) is 8.78 Å². The molecule has 0 heterocycles. The van der Waals surface area contributed by atoms with Crippen molar-refractivity contribution in [1.82, 2.24) is 9.80 Å². The molecule has 1 amide bonds. The predicted molar refractivity (Wildman–Crippen MR) is 84.8 cm³/mol. The molecule has 0 unspecified atom stereocenters. The van der Waals surface area contributed by atoms with Crippen LogP contribution in [0.15, 0.2) is 12.1 Å². The summed E-state index contributed by atoms with van der Waals surface area (Å²) in [7, 11) is 4.91. The number of methoxy groups -OCH3 is 1. The number of hydrogen-bond acceptors (Lipinski definition) is 3. The van der Waals surface area contributed by atoms with E-state index >= 15 is 0 Å². The maximum Gasteiger partial charge on any atom is 0.259 e. The average molecular weight is 326 g/mol. The second-order valence-corrected chi connectivity index (χ2v) is 6.11. The molecule has 128 valence electrons. The van der Waals surface area contributed by atoms with Gasteiger partial charge in [-0.1, -0.05) is 12.8 Å². The van der Waals surface area contributed by atoms with E-state index in [0.717, 1.165) is 12.1 Å². The summed E-state index contributed by atoms with van der Waals surface area (Å²) in [5.74, 6) is -2.40. The van der Waals surface area contributed by atoms with Gasteiger partial charge < -0.3 is 14.5 Å². The smallest absolute Gasteiger partial charge is 0.259 e. The summed E-state index contributed by atoms with van der Waals surface area (Å²) >= 11 is 0. The second kappa shape index (κ2) is 7.73. The first-order valence-electron chi connectivity index (χ1n) is 7.92. The molecule has 0 atom stereocenters. The van der Waals surface area contributed by atoms with Crippen LogP contribution in [0.25, 0.3) is 0 Å². The van der Waals surface area contributed by atoms with Crippen LogP contribution in [-0.2, 0) is 0 Å². The number of likely N-dealkylation sites (N-methyl/N-ethyl adjacent to an activating group) is 2. The fourth-order valence-corrected chi connectivity index (χ4v) is 3.00. The van der Waals surface area contributed by atoms with E-state index in [2.05, 4.69) is 4.90 Å². The third-order valence-corrected chi connectivity index (χ3v) is 4.55. The Morgan fingerprint density at radius 1 is 1.17 bits per heavy atom. The molecule has 4 nitrogen and oxygen atoms in total. The first kappa shape index (κ1) is 17.7. The van der Waals surface area contributed by atoms with Gasteiger partial charge in [-0.2, -0.15) is 0 Å². The van der Waals surface area contributed by atoms with Crippen LogP contribution in [0.3, 0.4) is 0 Å². The monoisotopic (exact) mass is 326 g/mol. The zero-order valence-corrected chi connectivity index (χ0v) is 13.9. The zero-order chi connectivity index (χ0) is 17.0. The van der Waals surface area contributed by atoms with Gasteiger partial charge in [0.05, 0.1) is 7.11 Å². The molecule has 0 radical (unpaired) electrons. The van der Waals surface area contributed by atoms with Crippen molar-refractivity contribution < 1.29 is 18.3 Å². The number of rotatable bonds is 6. The highest BCUT2D eigenvalue weighted by molar-refractivity contribution is 5.94. The van der Waals surface area contributed by atoms with Crippen molar-refractivity contribution in [3.63, 3.8) is 0 Å². The average Bonchev–Trinajstić information content (AvgIpc) is 3.05. The lowest BCUT2D eigenvalue weighted by atomic mass is 10.1. The van der Waals surface area contributed by atoms with E-state index in [9.17, 15) is 13.6 Å². The molecule has 0 bridgehead atoms. The molecular formula is C17H24F2N2O2. The van der Waals surface area contributed by atoms with Crippen LogP contribution in [0.1, 0.15) is 36.0 Å². The molecule has 1 aliphatic carbocycles. The van der Waals surface area contributed by atoms with E-state index in [4.69, 9.17) is 4.74 Å². The first-order valence-corrected chi connectivity index (χ1v) is 7.92. The number of carbonyl (C=O) groups is 1. The third kappa shape index (κ3) is 4.19. The van der Waals surface area contributed by atoms with E-state index < -0.39 is 23.1 Å². The maximum atomic E-state index is 14.0. The predicted octanol–water partition coefficient (Wildman–Crippen LogP) is 2.92. The van der Waals surface area contributed by atoms with Crippen LogP contribution in [0.5, 0.6) is 5.75 Å². The summed E-state index contributed by atoms with van der Waals surface area (Å²) < 4.78 is 32.7. The molecule has 1 aromatic rings. The highest BCUT2D eigenvalue weighted by Crippen LogP contribution is 2.23. The van der Waals surface area contributed by atoms with Gasteiger partial charge in [0.1, 0.15) is 22.9 Å². The fourth-order valence-electron chi connectivity index (χ4n) is 3.00. The van der Waals surface area contributed by atoms with Crippen LogP contribution < -0.4 is 4.74 Å². The first-order chi connectivity index (χ1) is 10.9. The Bertz CT molecular complexity index is 537. The van der Waals surface area contributed by atoms with Gasteiger partial charge in [-0.25, -0.2) is 8.78 Å². The Morgan fingerprint density at radius 3 is 2.26 bits per heavy atom. The molecule has 2 rings (SSSR count). The molecule has 1 aliphatic rings. The molecule has 1 saturated carbocycles. The summed E-state index contributed by atoms with van der Waals surface area (Å²) in [5, 5.41) is 0. The summed E-state index contributed by atoms with van der Waals surface area (Å²) in [6.45, 7) is 1.11. The molecule has 23 heavy (non-hydrogen) atoms. The van der Waals surface area contributed by atoms with Crippen molar-refractivity contribution in [1.29, 1.82) is 0 Å². The topological polar surface area (TPSA) is 32.8 Å². The van der Waals surface area contributed by atoms with Gasteiger partial charge >= 0.3 is 0 Å². The van der Waals surface area contributed by atoms with Gasteiger partial charge in [0.2, 0.25) is 0 Å². The van der Waals surface area contributed by atoms with Crippen molar-refractivity contribution >= 4 is 5.91 Å². The minimum atomic E-state index is -0.900. The van der Waals surface area contributed by atoms with Crippen LogP contribution in [0, 0.1) is 11.6 Å². The largest absolute Gasteiger partial charge is 0.497 e. The summed E-state index contributed by atoms with van der Waals surface area (Å²) in [6, 6.07) is 2.59. The van der Waals surface area contributed by atoms with Crippen molar-refractivity contribution in [2.45, 2.75) is 31.7 Å². The van der Waals surface area contributed by atoms with E-state index in [1.165, 1.54) is 37.7 Å². The SMILES string of the molecule is COc1cc(F)c(C(=O)N(C)CCN(C)C2CCCC2)c(F)c1. The molecule has 0 aliphatic heterocycles. The molecular weight excluding hydrogens is 302 g/mol. The molecule has 0 aromatic heterocycles. The number of ether oxygens (including phenoxy) is 1. The van der Waals surface area contributed by atoms with Crippen LogP contribution in [0.2, 0.25) is 0 Å². The molecule has 1 fully saturated rings. The Kier molecular flexibility index (Phi) is 5.93. The highest BCUT2D eigenvalue weighted by Gasteiger charge is 2.24. The molecule has 0 spiro atoms. The van der Waals surface area contributed by atoms with E-state index in [1.54, 1.807) is 7.05 Å². The number of nitrogens with zero attached hydrogens (tertiary/aromatic N) is 2. The van der Waals surface area contributed by atoms with Gasteiger partial charge in [-0.15, -0.1) is 0 Å². The minimum Gasteiger partial charge on any atom is -0.497 e. The number of halogens is 2. The normalized spacial score (nSPS) is 15.2. The number of hydrogen-bond donors (Lipinski definition) is 0. The third-order valence-electron chi connectivity index (χ3n) is 4.55. The van der Waals surface area contributed by atoms with Crippen molar-refractivity contribution in [2.75, 3.05) is 34.3 Å². The number of carbonyl (C=O) groups excluding carboxylic acids is 1. The van der Waals surface area contributed by atoms with Crippen molar-refractivity contribution in [2.24, 2.45) is 0 Å². The second-order valence-electron chi connectivity index (χ2n) is 6.11. The summed E-state index contributed by atoms with van der Waals surface area (Å²) in [6.07, 6.45) is 4.84. The Labute approximate surface area is 136 Å². The summed E-state index contributed by atoms with van der Waals surface area (Å²) in [4.78, 5) is 15.9. The molecule has 6 heteroatoms. The van der Waals surface area contributed by atoms with Gasteiger partial charge in [-0.05, 0) is 19.9 Å². The quantitative estimate of drug-likeness (QED) is 0.806. The Balaban J connectivity index is 1.99. The van der Waals surface area contributed by atoms with Crippen LogP contribution >= 0.6 is 0 Å². The lowest BCUT2D eigenvalue weighted by Crippen LogP contribution is -2.38. The van der Waals surface area contributed by atoms with Gasteiger partial charge in [0, 0.05) is 38.3 Å². The number of amides is 1. The molecule has 0 saturated heterocycles. The Hall–Kier alpha value is -1.69. The standard InChI is InChI=1S/C17H24F2N2O2/c1-20(12-6-4-5-7-12)8-9-21(2)17(22)16-14(18)10-13(23-3)11-15(16)19/h10-12H,4-9H2,1-3H3. The minimum absolute atomic E-state index is 0.0557. The number of benzene rings is 1. The zero-order valence-electron chi connectivity index (χ0n) is 13.9. The molecule has 0 N–H and O–H groups in total. The van der Waals surface area contributed by atoms with Gasteiger partial charge in [0.25, 0.3) is 5.91 Å². The highest BCUT2D eigenvalue weighted by atomic mass is 19.1. The van der Waals surface area contributed by atoms with E-state index in [1.807, 2.05) is 7.05 Å². The Morgan fingerprint density at radius 2 is 1.74 bits per heavy atom. The van der Waals surface area contributed by atoms with Gasteiger partial charge in [0.15, 0.2) is 0 Å². The lowest BCUT2D eigenvalue weighted by Gasteiger charge is -2.27. The lowest BCUT2D eigenvalue weighted by molar-refractivity contribution is 0.0765. The van der Waals surface area contributed by atoms with Crippen molar-refractivity contribution in [3.05, 3.63) is 29.3 Å². The van der Waals surface area contributed by atoms with Crippen molar-refractivity contribution in [3.8, 4) is 5.75 Å². The van der Waals surface area contributed by atoms with E-state index in [-0.39, 0.29) is 5.75 Å². The van der Waals surface area contributed by atoms with Crippen LogP contribution in [-0.4, -0.2) is 56.0 Å². The molecule has 1 aromatic carbocycles. The summed E-state index contributed by atoms with van der Waals surface area (Å²) in [5.41, 5.74) is -0.531. The maximum absolute atomic E-state index is 14.0.